The highest BCUT2D eigenvalue weighted by Crippen LogP contribution is 2.41. The van der Waals surface area contributed by atoms with Crippen molar-refractivity contribution in [1.82, 2.24) is 4.90 Å². The maximum Gasteiger partial charge on any atom is 0.411 e. The topological polar surface area (TPSA) is 55.8 Å². The third-order valence-corrected chi connectivity index (χ3v) is 3.57. The summed E-state index contributed by atoms with van der Waals surface area (Å²) in [5.74, 6) is -0.433. The fourth-order valence-corrected chi connectivity index (χ4v) is 2.74. The Morgan fingerprint density at radius 1 is 1.25 bits per heavy atom. The van der Waals surface area contributed by atoms with E-state index in [1.807, 2.05) is 6.08 Å². The van der Waals surface area contributed by atoms with Crippen LogP contribution in [0.25, 0.3) is 0 Å². The quantitative estimate of drug-likeness (QED) is 0.537. The lowest BCUT2D eigenvalue weighted by Gasteiger charge is -2.21. The summed E-state index contributed by atoms with van der Waals surface area (Å²) in [4.78, 5) is 24.6. The number of rotatable bonds is 1. The molecule has 2 bridgehead atoms. The van der Waals surface area contributed by atoms with Crippen LogP contribution in [0.3, 0.4) is 0 Å². The molecule has 2 heterocycles. The van der Waals surface area contributed by atoms with Gasteiger partial charge in [0, 0.05) is 4.48 Å². The van der Waals surface area contributed by atoms with E-state index in [-0.39, 0.29) is 12.1 Å². The molecule has 0 fully saturated rings. The Morgan fingerprint density at radius 2 is 1.88 bits per heavy atom. The summed E-state index contributed by atoms with van der Waals surface area (Å²) in [7, 11) is 2.62. The molecule has 0 saturated heterocycles. The van der Waals surface area contributed by atoms with Gasteiger partial charge in [0.05, 0.1) is 31.9 Å². The van der Waals surface area contributed by atoms with Crippen molar-refractivity contribution in [1.29, 1.82) is 0 Å². The van der Waals surface area contributed by atoms with Crippen LogP contribution in [-0.2, 0) is 14.3 Å². The highest BCUT2D eigenvalue weighted by molar-refractivity contribution is 9.11. The van der Waals surface area contributed by atoms with Gasteiger partial charge in [0.25, 0.3) is 0 Å². The summed E-state index contributed by atoms with van der Waals surface area (Å²) in [6, 6.07) is -0.647. The minimum atomic E-state index is -0.462. The fourth-order valence-electron chi connectivity index (χ4n) is 1.97. The highest BCUT2D eigenvalue weighted by atomic mass is 79.9. The molecule has 0 unspecified atom stereocenters. The van der Waals surface area contributed by atoms with Crippen LogP contribution in [0.5, 0.6) is 0 Å². The van der Waals surface area contributed by atoms with E-state index in [0.717, 1.165) is 0 Å². The first-order chi connectivity index (χ1) is 7.61. The Kier molecular flexibility index (Phi) is 2.75. The summed E-state index contributed by atoms with van der Waals surface area (Å²) in [6.45, 7) is 0. The van der Waals surface area contributed by atoms with E-state index in [4.69, 9.17) is 0 Å². The van der Waals surface area contributed by atoms with Crippen LogP contribution in [0, 0.1) is 0 Å². The van der Waals surface area contributed by atoms with Crippen molar-refractivity contribution in [3.63, 3.8) is 0 Å². The molecule has 1 amide bonds. The van der Waals surface area contributed by atoms with Gasteiger partial charge in [-0.1, -0.05) is 28.1 Å². The Balaban J connectivity index is 2.32. The van der Waals surface area contributed by atoms with E-state index in [2.05, 4.69) is 25.4 Å². The van der Waals surface area contributed by atoms with Gasteiger partial charge in [0.1, 0.15) is 0 Å². The average molecular weight is 288 g/mol. The third-order valence-electron chi connectivity index (χ3n) is 2.68. The SMILES string of the molecule is COC(=O)C1=C(Br)[C@H]2C=C[C@@H]1N2C(=O)OC. The monoisotopic (exact) mass is 287 g/mol. The van der Waals surface area contributed by atoms with Crippen LogP contribution in [0.15, 0.2) is 22.2 Å². The first-order valence-corrected chi connectivity index (χ1v) is 5.43. The minimum Gasteiger partial charge on any atom is -0.466 e. The minimum absolute atomic E-state index is 0.258. The number of carbonyl (C=O) groups is 2. The van der Waals surface area contributed by atoms with E-state index in [0.29, 0.717) is 10.1 Å². The zero-order valence-corrected chi connectivity index (χ0v) is 10.4. The van der Waals surface area contributed by atoms with Crippen LogP contribution in [0.2, 0.25) is 0 Å². The maximum absolute atomic E-state index is 11.5. The highest BCUT2D eigenvalue weighted by Gasteiger charge is 2.47. The summed E-state index contributed by atoms with van der Waals surface area (Å²) < 4.78 is 10.0. The van der Waals surface area contributed by atoms with Gasteiger partial charge in [-0.05, 0) is 0 Å². The predicted molar refractivity (Wildman–Crippen MR) is 58.9 cm³/mol. The zero-order valence-electron chi connectivity index (χ0n) is 8.77. The molecule has 2 aliphatic heterocycles. The van der Waals surface area contributed by atoms with Gasteiger partial charge in [0.15, 0.2) is 0 Å². The lowest BCUT2D eigenvalue weighted by molar-refractivity contribution is -0.136. The first kappa shape index (κ1) is 11.2. The molecule has 0 aromatic heterocycles. The van der Waals surface area contributed by atoms with E-state index in [1.54, 1.807) is 6.08 Å². The number of esters is 1. The zero-order chi connectivity index (χ0) is 11.9. The Hall–Kier alpha value is -1.30. The number of nitrogens with zero attached hydrogens (tertiary/aromatic N) is 1. The molecule has 0 saturated carbocycles. The van der Waals surface area contributed by atoms with Crippen molar-refractivity contribution >= 4 is 28.0 Å². The number of fused-ring (bicyclic) bond motifs is 2. The van der Waals surface area contributed by atoms with E-state index in [1.165, 1.54) is 19.1 Å². The van der Waals surface area contributed by atoms with Gasteiger partial charge in [-0.2, -0.15) is 0 Å². The summed E-state index contributed by atoms with van der Waals surface area (Å²) in [5, 5.41) is 0. The van der Waals surface area contributed by atoms with Crippen molar-refractivity contribution < 1.29 is 19.1 Å². The number of hydrogen-bond donors (Lipinski definition) is 0. The van der Waals surface area contributed by atoms with Crippen molar-refractivity contribution in [2.45, 2.75) is 12.1 Å². The van der Waals surface area contributed by atoms with Gasteiger partial charge in [-0.25, -0.2) is 9.59 Å². The largest absolute Gasteiger partial charge is 0.466 e. The molecule has 0 radical (unpaired) electrons. The van der Waals surface area contributed by atoms with Gasteiger partial charge in [0.2, 0.25) is 0 Å². The molecular formula is C10H10BrNO4. The predicted octanol–water partition coefficient (Wildman–Crippen LogP) is 1.20. The Labute approximate surface area is 101 Å². The van der Waals surface area contributed by atoms with Crippen LogP contribution in [0.4, 0.5) is 4.79 Å². The number of hydrogen-bond acceptors (Lipinski definition) is 4. The van der Waals surface area contributed by atoms with Gasteiger partial charge in [-0.15, -0.1) is 0 Å². The fraction of sp³-hybridized carbons (Fsp3) is 0.400. The molecule has 0 N–H and O–H groups in total. The number of amides is 1. The van der Waals surface area contributed by atoms with E-state index in [9.17, 15) is 9.59 Å². The summed E-state index contributed by atoms with van der Waals surface area (Å²) in [5.41, 5.74) is 0.459. The van der Waals surface area contributed by atoms with Crippen molar-refractivity contribution in [3.05, 3.63) is 22.2 Å². The molecule has 2 atom stereocenters. The standard InChI is InChI=1S/C10H10BrNO4/c1-15-9(13)7-5-3-4-6(8(7)11)12(5)10(14)16-2/h3-6H,1-2H3/t5-,6+/m0/s1. The molecular weight excluding hydrogens is 278 g/mol. The summed E-state index contributed by atoms with van der Waals surface area (Å²) >= 11 is 3.32. The number of ether oxygens (including phenoxy) is 2. The van der Waals surface area contributed by atoms with Crippen molar-refractivity contribution in [3.8, 4) is 0 Å². The van der Waals surface area contributed by atoms with Gasteiger partial charge in [-0.3, -0.25) is 4.90 Å². The molecule has 2 aliphatic rings. The lowest BCUT2D eigenvalue weighted by atomic mass is 10.1. The van der Waals surface area contributed by atoms with Crippen LogP contribution in [0.1, 0.15) is 0 Å². The number of halogens is 1. The van der Waals surface area contributed by atoms with Crippen LogP contribution >= 0.6 is 15.9 Å². The summed E-state index contributed by atoms with van der Waals surface area (Å²) in [6.07, 6.45) is 3.17. The maximum atomic E-state index is 11.5. The first-order valence-electron chi connectivity index (χ1n) is 4.64. The van der Waals surface area contributed by atoms with Crippen LogP contribution < -0.4 is 0 Å². The van der Waals surface area contributed by atoms with Gasteiger partial charge < -0.3 is 9.47 Å². The molecule has 0 spiro atoms. The van der Waals surface area contributed by atoms with Gasteiger partial charge >= 0.3 is 12.1 Å². The van der Waals surface area contributed by atoms with Crippen molar-refractivity contribution in [2.75, 3.05) is 14.2 Å². The normalized spacial score (nSPS) is 26.3. The Bertz CT molecular complexity index is 415. The Morgan fingerprint density at radius 3 is 2.44 bits per heavy atom. The molecule has 0 aromatic rings. The second-order valence-electron chi connectivity index (χ2n) is 3.41. The number of methoxy groups -OCH3 is 2. The second kappa shape index (κ2) is 3.93. The smallest absolute Gasteiger partial charge is 0.411 e. The molecule has 0 aliphatic carbocycles. The molecule has 2 rings (SSSR count). The molecule has 86 valence electrons. The van der Waals surface area contributed by atoms with Crippen LogP contribution in [-0.4, -0.2) is 43.3 Å². The second-order valence-corrected chi connectivity index (χ2v) is 4.26. The number of carbonyl (C=O) groups excluding carboxylic acids is 2. The molecule has 6 heteroatoms. The van der Waals surface area contributed by atoms with E-state index >= 15 is 0 Å². The molecule has 0 aromatic carbocycles. The lowest BCUT2D eigenvalue weighted by Crippen LogP contribution is -2.38. The molecule has 5 nitrogen and oxygen atoms in total. The molecule has 16 heavy (non-hydrogen) atoms. The third kappa shape index (κ3) is 1.36. The van der Waals surface area contributed by atoms with E-state index < -0.39 is 12.1 Å². The van der Waals surface area contributed by atoms with Crippen molar-refractivity contribution in [2.24, 2.45) is 0 Å². The average Bonchev–Trinajstić information content (AvgIpc) is 2.82.